The Morgan fingerprint density at radius 3 is 1.26 bits per heavy atom. The number of hydrogen-bond acceptors (Lipinski definition) is 3. The minimum Gasteiger partial charge on any atom is -0.456 e. The van der Waals surface area contributed by atoms with Crippen LogP contribution in [0.1, 0.15) is 0 Å². The monoisotopic (exact) mass is 729 g/mol. The van der Waals surface area contributed by atoms with Crippen LogP contribution in [0.5, 0.6) is 0 Å². The fraction of sp³-hybridized carbons (Fsp3) is 0. The Kier molecular flexibility index (Phi) is 7.82. The molecular weight excluding hydrogens is 695 g/mol. The zero-order valence-corrected chi connectivity index (χ0v) is 31.0. The maximum atomic E-state index is 6.73. The second-order valence-corrected chi connectivity index (χ2v) is 14.5. The first kappa shape index (κ1) is 32.8. The van der Waals surface area contributed by atoms with E-state index in [1.165, 1.54) is 22.3 Å². The summed E-state index contributed by atoms with van der Waals surface area (Å²) in [7, 11) is 0. The molecule has 0 saturated heterocycles. The third kappa shape index (κ3) is 5.76. The summed E-state index contributed by atoms with van der Waals surface area (Å²) in [6.07, 6.45) is 0. The number of hydrogen-bond donors (Lipinski definition) is 0. The van der Waals surface area contributed by atoms with E-state index in [-0.39, 0.29) is 0 Å². The van der Waals surface area contributed by atoms with Crippen LogP contribution in [0.4, 0.5) is 17.1 Å². The molecule has 0 atom stereocenters. The normalized spacial score (nSPS) is 11.5. The van der Waals surface area contributed by atoms with Crippen molar-refractivity contribution in [1.29, 1.82) is 0 Å². The van der Waals surface area contributed by atoms with Crippen LogP contribution in [0.25, 0.3) is 88.4 Å². The summed E-state index contributed by atoms with van der Waals surface area (Å²) < 4.78 is 12.9. The summed E-state index contributed by atoms with van der Waals surface area (Å²) in [6, 6.07) is 75.1. The second-order valence-electron chi connectivity index (χ2n) is 14.5. The van der Waals surface area contributed by atoms with Crippen molar-refractivity contribution in [1.82, 2.24) is 0 Å². The molecular formula is C54H35NO2. The third-order valence-electron chi connectivity index (χ3n) is 11.1. The number of nitrogens with zero attached hydrogens (tertiary/aromatic N) is 1. The van der Waals surface area contributed by atoms with Gasteiger partial charge in [0.2, 0.25) is 0 Å². The molecule has 3 nitrogen and oxygen atoms in total. The first-order chi connectivity index (χ1) is 28.2. The van der Waals surface area contributed by atoms with Crippen LogP contribution in [0.2, 0.25) is 0 Å². The fourth-order valence-corrected chi connectivity index (χ4v) is 8.25. The number of benzene rings is 9. The van der Waals surface area contributed by atoms with Gasteiger partial charge in [-0.3, -0.25) is 0 Å². The van der Waals surface area contributed by atoms with Crippen molar-refractivity contribution >= 4 is 60.9 Å². The molecule has 0 amide bonds. The van der Waals surface area contributed by atoms with Gasteiger partial charge in [0.25, 0.3) is 0 Å². The lowest BCUT2D eigenvalue weighted by Crippen LogP contribution is -2.09. The molecule has 0 bridgehead atoms. The summed E-state index contributed by atoms with van der Waals surface area (Å²) in [5, 5.41) is 4.29. The van der Waals surface area contributed by atoms with Crippen molar-refractivity contribution in [3.63, 3.8) is 0 Å². The SMILES string of the molecule is c1ccc(-c2ccc(N(c3ccc(-c4ccccc4)cc3)c3ccc(-c4ccc(-c5cccc6c5oc5c6ccc6oc7ccccc7c65)cc4)cc3)cc2)cc1. The molecule has 2 aromatic heterocycles. The number of furan rings is 2. The minimum absolute atomic E-state index is 0.838. The van der Waals surface area contributed by atoms with E-state index in [1.807, 2.05) is 18.2 Å². The maximum absolute atomic E-state index is 6.73. The molecule has 0 aliphatic rings. The van der Waals surface area contributed by atoms with E-state index >= 15 is 0 Å². The highest BCUT2D eigenvalue weighted by Gasteiger charge is 2.19. The van der Waals surface area contributed by atoms with Gasteiger partial charge in [0, 0.05) is 38.8 Å². The van der Waals surface area contributed by atoms with Crippen LogP contribution in [-0.2, 0) is 0 Å². The highest BCUT2D eigenvalue weighted by atomic mass is 16.3. The molecule has 0 fully saturated rings. The highest BCUT2D eigenvalue weighted by Crippen LogP contribution is 2.43. The summed E-state index contributed by atoms with van der Waals surface area (Å²) in [5.41, 5.74) is 16.0. The Morgan fingerprint density at radius 2 is 0.702 bits per heavy atom. The minimum atomic E-state index is 0.838. The second kappa shape index (κ2) is 13.6. The first-order valence-electron chi connectivity index (χ1n) is 19.3. The fourth-order valence-electron chi connectivity index (χ4n) is 8.25. The van der Waals surface area contributed by atoms with Gasteiger partial charge >= 0.3 is 0 Å². The molecule has 268 valence electrons. The lowest BCUT2D eigenvalue weighted by atomic mass is 9.98. The van der Waals surface area contributed by atoms with Crippen LogP contribution in [0.3, 0.4) is 0 Å². The van der Waals surface area contributed by atoms with E-state index in [0.29, 0.717) is 0 Å². The molecule has 9 aromatic carbocycles. The standard InChI is InChI=1S/C54H35NO2/c1-3-10-36(11-4-1)39-22-28-43(29-23-39)55(44-30-24-40(25-31-44)37-12-5-2-6-13-37)45-32-26-41(27-33-45)38-18-20-42(21-19-38)46-15-9-16-47-48-34-35-51-52(54(48)57-53(46)47)49-14-7-8-17-50(49)56-51/h1-35H. The van der Waals surface area contributed by atoms with Crippen molar-refractivity contribution in [3.05, 3.63) is 212 Å². The third-order valence-corrected chi connectivity index (χ3v) is 11.1. The topological polar surface area (TPSA) is 29.5 Å². The molecule has 3 heteroatoms. The van der Waals surface area contributed by atoms with E-state index in [9.17, 15) is 0 Å². The quantitative estimate of drug-likeness (QED) is 0.164. The van der Waals surface area contributed by atoms with Crippen LogP contribution in [0, 0.1) is 0 Å². The molecule has 57 heavy (non-hydrogen) atoms. The highest BCUT2D eigenvalue weighted by molar-refractivity contribution is 6.23. The summed E-state index contributed by atoms with van der Waals surface area (Å²) in [6.45, 7) is 0. The van der Waals surface area contributed by atoms with Crippen molar-refractivity contribution in [3.8, 4) is 44.5 Å². The molecule has 11 aromatic rings. The zero-order chi connectivity index (χ0) is 37.7. The van der Waals surface area contributed by atoms with Gasteiger partial charge in [0.1, 0.15) is 22.3 Å². The van der Waals surface area contributed by atoms with Crippen LogP contribution in [0.15, 0.2) is 221 Å². The lowest BCUT2D eigenvalue weighted by Gasteiger charge is -2.26. The molecule has 0 spiro atoms. The van der Waals surface area contributed by atoms with Gasteiger partial charge < -0.3 is 13.7 Å². The van der Waals surface area contributed by atoms with Gasteiger partial charge in [-0.15, -0.1) is 0 Å². The first-order valence-corrected chi connectivity index (χ1v) is 19.3. The van der Waals surface area contributed by atoms with Crippen molar-refractivity contribution in [2.75, 3.05) is 4.90 Å². The van der Waals surface area contributed by atoms with Crippen LogP contribution in [-0.4, -0.2) is 0 Å². The predicted molar refractivity (Wildman–Crippen MR) is 237 cm³/mol. The number of rotatable bonds is 7. The predicted octanol–water partition coefficient (Wildman–Crippen LogP) is 15.6. The zero-order valence-electron chi connectivity index (χ0n) is 31.0. The van der Waals surface area contributed by atoms with E-state index in [1.54, 1.807) is 0 Å². The molecule has 11 rings (SSSR count). The Balaban J connectivity index is 0.925. The Hall–Kier alpha value is -7.62. The maximum Gasteiger partial charge on any atom is 0.147 e. The molecule has 0 radical (unpaired) electrons. The molecule has 2 heterocycles. The summed E-state index contributed by atoms with van der Waals surface area (Å²) >= 11 is 0. The Morgan fingerprint density at radius 1 is 0.263 bits per heavy atom. The van der Waals surface area contributed by atoms with Crippen molar-refractivity contribution in [2.45, 2.75) is 0 Å². The van der Waals surface area contributed by atoms with Gasteiger partial charge in [0.15, 0.2) is 0 Å². The van der Waals surface area contributed by atoms with Gasteiger partial charge in [-0.25, -0.2) is 0 Å². The van der Waals surface area contributed by atoms with Crippen LogP contribution >= 0.6 is 0 Å². The van der Waals surface area contributed by atoms with Gasteiger partial charge in [-0.1, -0.05) is 158 Å². The number of fused-ring (bicyclic) bond motifs is 7. The Labute approximate surface area is 330 Å². The van der Waals surface area contributed by atoms with Gasteiger partial charge in [-0.05, 0) is 93.5 Å². The molecule has 0 unspecified atom stereocenters. The van der Waals surface area contributed by atoms with E-state index in [4.69, 9.17) is 8.83 Å². The summed E-state index contributed by atoms with van der Waals surface area (Å²) in [4.78, 5) is 2.32. The lowest BCUT2D eigenvalue weighted by molar-refractivity contribution is 0.663. The average molecular weight is 730 g/mol. The van der Waals surface area contributed by atoms with Crippen molar-refractivity contribution in [2.24, 2.45) is 0 Å². The molecule has 0 aliphatic carbocycles. The van der Waals surface area contributed by atoms with E-state index in [2.05, 4.69) is 199 Å². The largest absolute Gasteiger partial charge is 0.456 e. The molecule has 0 N–H and O–H groups in total. The molecule has 0 saturated carbocycles. The van der Waals surface area contributed by atoms with Crippen LogP contribution < -0.4 is 4.90 Å². The number of para-hydroxylation sites is 2. The van der Waals surface area contributed by atoms with Crippen molar-refractivity contribution < 1.29 is 8.83 Å². The summed E-state index contributed by atoms with van der Waals surface area (Å²) in [5.74, 6) is 0. The number of anilines is 3. The van der Waals surface area contributed by atoms with Gasteiger partial charge in [-0.2, -0.15) is 0 Å². The smallest absolute Gasteiger partial charge is 0.147 e. The Bertz CT molecular complexity index is 3100. The van der Waals surface area contributed by atoms with Gasteiger partial charge in [0.05, 0.1) is 5.39 Å². The van der Waals surface area contributed by atoms with E-state index < -0.39 is 0 Å². The molecule has 0 aliphatic heterocycles. The average Bonchev–Trinajstić information content (AvgIpc) is 3.87. The van der Waals surface area contributed by atoms with E-state index in [0.717, 1.165) is 83.2 Å².